The molecule has 1 amide bonds. The molecule has 31 heavy (non-hydrogen) atoms. The molecule has 166 valence electrons. The normalized spacial score (nSPS) is 13.2. The Bertz CT molecular complexity index is 1070. The molecular formula is C20H29N9O2. The van der Waals surface area contributed by atoms with Crippen molar-refractivity contribution in [1.29, 1.82) is 0 Å². The summed E-state index contributed by atoms with van der Waals surface area (Å²) in [5.74, 6) is -0.299. The third-order valence-corrected chi connectivity index (χ3v) is 4.87. The van der Waals surface area contributed by atoms with Crippen molar-refractivity contribution in [3.8, 4) is 0 Å². The fourth-order valence-corrected chi connectivity index (χ4v) is 3.08. The van der Waals surface area contributed by atoms with E-state index in [1.165, 1.54) is 0 Å². The van der Waals surface area contributed by atoms with Gasteiger partial charge in [0.15, 0.2) is 11.5 Å². The molecule has 0 saturated carbocycles. The van der Waals surface area contributed by atoms with Gasteiger partial charge in [0.2, 0.25) is 5.95 Å². The number of aryl methyl sites for hydroxylation is 2. The Balaban J connectivity index is 1.88. The molecule has 0 aliphatic rings. The molecule has 6 N–H and O–H groups in total. The number of rotatable bonds is 10. The molecule has 0 aliphatic carbocycles. The molecule has 0 saturated heterocycles. The van der Waals surface area contributed by atoms with Crippen molar-refractivity contribution < 1.29 is 9.53 Å². The molecule has 0 aliphatic heterocycles. The van der Waals surface area contributed by atoms with Crippen LogP contribution in [0.15, 0.2) is 18.3 Å². The smallest absolute Gasteiger partial charge is 0.273 e. The molecule has 0 unspecified atom stereocenters. The number of ether oxygens (including phenoxy) is 1. The number of nitrogens with two attached hydrogens (primary N) is 2. The molecule has 1 aromatic carbocycles. The van der Waals surface area contributed by atoms with Gasteiger partial charge >= 0.3 is 0 Å². The van der Waals surface area contributed by atoms with Crippen LogP contribution in [0.2, 0.25) is 0 Å². The number of carbonyl (C=O) groups excluding carboxylic acids is 1. The van der Waals surface area contributed by atoms with Gasteiger partial charge in [-0.25, -0.2) is 0 Å². The third kappa shape index (κ3) is 5.25. The maximum absolute atomic E-state index is 11.9. The van der Waals surface area contributed by atoms with E-state index in [-0.39, 0.29) is 29.5 Å². The standard InChI is InChI=1S/C20H29N9O2/c1-5-29-9-13-8-14(7-11(3)16(13)28-29)24-19-17(18(22)30)26-27-20(25-19)23-12(4)15(21)10-31-6-2/h7-9,12,15H,5-6,10,21H2,1-4H3,(H2,22,30)(H2,23,24,25,27)/t12-,15+/m1/s1. The number of fused-ring (bicyclic) bond motifs is 1. The molecule has 3 aromatic rings. The highest BCUT2D eigenvalue weighted by molar-refractivity contribution is 5.96. The first-order chi connectivity index (χ1) is 14.8. The van der Waals surface area contributed by atoms with E-state index in [0.717, 1.165) is 28.7 Å². The molecule has 0 spiro atoms. The van der Waals surface area contributed by atoms with E-state index in [0.29, 0.717) is 13.2 Å². The Kier molecular flexibility index (Phi) is 6.98. The average Bonchev–Trinajstić information content (AvgIpc) is 3.15. The second-order valence-corrected chi connectivity index (χ2v) is 7.29. The van der Waals surface area contributed by atoms with Gasteiger partial charge in [-0.2, -0.15) is 10.1 Å². The van der Waals surface area contributed by atoms with E-state index < -0.39 is 5.91 Å². The Morgan fingerprint density at radius 3 is 2.74 bits per heavy atom. The van der Waals surface area contributed by atoms with E-state index in [1.807, 2.05) is 50.7 Å². The van der Waals surface area contributed by atoms with Gasteiger partial charge in [0.1, 0.15) is 0 Å². The number of hydrogen-bond donors (Lipinski definition) is 4. The minimum atomic E-state index is -0.730. The number of nitrogens with one attached hydrogen (secondary N) is 2. The van der Waals surface area contributed by atoms with E-state index in [1.54, 1.807) is 0 Å². The Morgan fingerprint density at radius 2 is 2.06 bits per heavy atom. The number of aromatic nitrogens is 5. The summed E-state index contributed by atoms with van der Waals surface area (Å²) in [7, 11) is 0. The number of carbonyl (C=O) groups is 1. The van der Waals surface area contributed by atoms with Gasteiger partial charge in [-0.15, -0.1) is 10.2 Å². The van der Waals surface area contributed by atoms with E-state index in [4.69, 9.17) is 16.2 Å². The maximum Gasteiger partial charge on any atom is 0.273 e. The van der Waals surface area contributed by atoms with Crippen molar-refractivity contribution in [2.75, 3.05) is 23.8 Å². The summed E-state index contributed by atoms with van der Waals surface area (Å²) in [6.45, 7) is 9.56. The zero-order valence-corrected chi connectivity index (χ0v) is 18.2. The summed E-state index contributed by atoms with van der Waals surface area (Å²) in [6, 6.07) is 3.41. The average molecular weight is 428 g/mol. The number of primary amides is 1. The Hall–Kier alpha value is -3.31. The largest absolute Gasteiger partial charge is 0.380 e. The second kappa shape index (κ2) is 9.67. The first-order valence-corrected chi connectivity index (χ1v) is 10.2. The lowest BCUT2D eigenvalue weighted by Gasteiger charge is -2.21. The summed E-state index contributed by atoms with van der Waals surface area (Å²) < 4.78 is 7.23. The van der Waals surface area contributed by atoms with Gasteiger partial charge in [-0.05, 0) is 45.4 Å². The van der Waals surface area contributed by atoms with Gasteiger partial charge in [-0.1, -0.05) is 0 Å². The van der Waals surface area contributed by atoms with Crippen molar-refractivity contribution in [3.63, 3.8) is 0 Å². The van der Waals surface area contributed by atoms with Gasteiger partial charge in [0.25, 0.3) is 5.91 Å². The number of nitrogens with zero attached hydrogens (tertiary/aromatic N) is 5. The molecular weight excluding hydrogens is 398 g/mol. The zero-order chi connectivity index (χ0) is 22.5. The lowest BCUT2D eigenvalue weighted by molar-refractivity contribution is 0.0995. The molecule has 3 rings (SSSR count). The molecule has 2 heterocycles. The van der Waals surface area contributed by atoms with Crippen LogP contribution in [-0.4, -0.2) is 56.2 Å². The highest BCUT2D eigenvalue weighted by Gasteiger charge is 2.18. The lowest BCUT2D eigenvalue weighted by Crippen LogP contribution is -2.42. The molecule has 0 radical (unpaired) electrons. The third-order valence-electron chi connectivity index (χ3n) is 4.87. The first kappa shape index (κ1) is 22.4. The minimum Gasteiger partial charge on any atom is -0.380 e. The van der Waals surface area contributed by atoms with Crippen LogP contribution in [-0.2, 0) is 11.3 Å². The van der Waals surface area contributed by atoms with Gasteiger partial charge < -0.3 is 26.8 Å². The van der Waals surface area contributed by atoms with Crippen LogP contribution in [0.1, 0.15) is 36.8 Å². The summed E-state index contributed by atoms with van der Waals surface area (Å²) in [6.07, 6.45) is 1.97. The SMILES string of the molecule is CCOC[C@H](N)[C@@H](C)Nc1nnc(C(N)=O)c(Nc2cc(C)c3nn(CC)cc3c2)n1. The van der Waals surface area contributed by atoms with E-state index >= 15 is 0 Å². The van der Waals surface area contributed by atoms with Crippen molar-refractivity contribution in [2.45, 2.75) is 46.3 Å². The molecule has 2 atom stereocenters. The Morgan fingerprint density at radius 1 is 1.29 bits per heavy atom. The number of anilines is 3. The fraction of sp³-hybridized carbons (Fsp3) is 0.450. The number of benzene rings is 1. The van der Waals surface area contributed by atoms with Crippen LogP contribution in [0.4, 0.5) is 17.5 Å². The van der Waals surface area contributed by atoms with Crippen LogP contribution in [0.5, 0.6) is 0 Å². The van der Waals surface area contributed by atoms with E-state index in [2.05, 4.69) is 30.9 Å². The van der Waals surface area contributed by atoms with Crippen LogP contribution < -0.4 is 22.1 Å². The molecule has 11 nitrogen and oxygen atoms in total. The lowest BCUT2D eigenvalue weighted by atomic mass is 10.1. The summed E-state index contributed by atoms with van der Waals surface area (Å²) in [4.78, 5) is 16.3. The zero-order valence-electron chi connectivity index (χ0n) is 18.2. The summed E-state index contributed by atoms with van der Waals surface area (Å²) in [5, 5.41) is 19.7. The van der Waals surface area contributed by atoms with Crippen molar-refractivity contribution in [2.24, 2.45) is 11.5 Å². The first-order valence-electron chi connectivity index (χ1n) is 10.2. The second-order valence-electron chi connectivity index (χ2n) is 7.29. The highest BCUT2D eigenvalue weighted by Crippen LogP contribution is 2.25. The predicted octanol–water partition coefficient (Wildman–Crippen LogP) is 1.56. The number of amides is 1. The fourth-order valence-electron chi connectivity index (χ4n) is 3.08. The Labute approximate surface area is 180 Å². The molecule has 2 aromatic heterocycles. The number of hydrogen-bond acceptors (Lipinski definition) is 9. The van der Waals surface area contributed by atoms with Gasteiger partial charge in [-0.3, -0.25) is 9.48 Å². The molecule has 11 heteroatoms. The molecule has 0 bridgehead atoms. The van der Waals surface area contributed by atoms with Gasteiger partial charge in [0.05, 0.1) is 12.1 Å². The summed E-state index contributed by atoms with van der Waals surface area (Å²) >= 11 is 0. The van der Waals surface area contributed by atoms with Crippen molar-refractivity contribution in [1.82, 2.24) is 25.0 Å². The van der Waals surface area contributed by atoms with Crippen LogP contribution >= 0.6 is 0 Å². The van der Waals surface area contributed by atoms with Crippen LogP contribution in [0, 0.1) is 6.92 Å². The molecule has 0 fully saturated rings. The predicted molar refractivity (Wildman–Crippen MR) is 119 cm³/mol. The summed E-state index contributed by atoms with van der Waals surface area (Å²) in [5.41, 5.74) is 14.2. The van der Waals surface area contributed by atoms with Crippen molar-refractivity contribution in [3.05, 3.63) is 29.6 Å². The minimum absolute atomic E-state index is 0.0566. The van der Waals surface area contributed by atoms with Crippen molar-refractivity contribution >= 4 is 34.3 Å². The van der Waals surface area contributed by atoms with Gasteiger partial charge in [0, 0.05) is 42.5 Å². The monoisotopic (exact) mass is 427 g/mol. The maximum atomic E-state index is 11.9. The quantitative estimate of drug-likeness (QED) is 0.376. The topological polar surface area (TPSA) is 159 Å². The van der Waals surface area contributed by atoms with Crippen LogP contribution in [0.25, 0.3) is 10.9 Å². The van der Waals surface area contributed by atoms with E-state index in [9.17, 15) is 4.79 Å². The highest BCUT2D eigenvalue weighted by atomic mass is 16.5. The van der Waals surface area contributed by atoms with Crippen LogP contribution in [0.3, 0.4) is 0 Å².